The van der Waals surface area contributed by atoms with Crippen LogP contribution in [0.2, 0.25) is 0 Å². The smallest absolute Gasteiger partial charge is 0.241 e. The predicted octanol–water partition coefficient (Wildman–Crippen LogP) is 2.99. The molecule has 1 aromatic carbocycles. The topological polar surface area (TPSA) is 72.2 Å². The zero-order chi connectivity index (χ0) is 15.8. The molecule has 1 aromatic rings. The Morgan fingerprint density at radius 1 is 1.19 bits per heavy atom. The van der Waals surface area contributed by atoms with Gasteiger partial charge in [0.15, 0.2) is 0 Å². The van der Waals surface area contributed by atoms with Crippen LogP contribution in [-0.4, -0.2) is 14.5 Å². The lowest BCUT2D eigenvalue weighted by atomic mass is 9.80. The van der Waals surface area contributed by atoms with E-state index in [1.165, 1.54) is 0 Å². The second kappa shape index (κ2) is 5.97. The number of sulfonamides is 1. The van der Waals surface area contributed by atoms with E-state index in [0.717, 1.165) is 30.4 Å². The average molecular weight is 310 g/mol. The van der Waals surface area contributed by atoms with Crippen molar-refractivity contribution in [1.82, 2.24) is 4.72 Å². The van der Waals surface area contributed by atoms with E-state index in [-0.39, 0.29) is 6.04 Å². The molecule has 0 amide bonds. The van der Waals surface area contributed by atoms with Crippen molar-refractivity contribution < 1.29 is 8.42 Å². The Kier molecular flexibility index (Phi) is 4.63. The van der Waals surface area contributed by atoms with Crippen molar-refractivity contribution in [3.05, 3.63) is 23.3 Å². The van der Waals surface area contributed by atoms with Crippen LogP contribution in [0.5, 0.6) is 0 Å². The van der Waals surface area contributed by atoms with Crippen molar-refractivity contribution in [3.8, 4) is 0 Å². The lowest BCUT2D eigenvalue weighted by Gasteiger charge is -2.33. The first-order valence-electron chi connectivity index (χ1n) is 7.59. The highest BCUT2D eigenvalue weighted by Crippen LogP contribution is 2.30. The SMILES string of the molecule is Cc1cc(N)cc(S(=O)(=O)NC2CCC(C)CC2C)c1C. The minimum absolute atomic E-state index is 0.0207. The lowest BCUT2D eigenvalue weighted by molar-refractivity contribution is 0.249. The number of nitrogen functional groups attached to an aromatic ring is 1. The minimum atomic E-state index is -3.52. The average Bonchev–Trinajstić information content (AvgIpc) is 2.37. The van der Waals surface area contributed by atoms with Crippen molar-refractivity contribution in [2.45, 2.75) is 57.9 Å². The Balaban J connectivity index is 2.27. The number of hydrogen-bond donors (Lipinski definition) is 2. The van der Waals surface area contributed by atoms with Gasteiger partial charge in [0, 0.05) is 11.7 Å². The maximum absolute atomic E-state index is 12.7. The molecule has 1 aliphatic rings. The number of nitrogens with one attached hydrogen (secondary N) is 1. The Bertz CT molecular complexity index is 625. The van der Waals surface area contributed by atoms with Crippen LogP contribution in [0.3, 0.4) is 0 Å². The largest absolute Gasteiger partial charge is 0.399 e. The summed E-state index contributed by atoms with van der Waals surface area (Å²) < 4.78 is 28.3. The van der Waals surface area contributed by atoms with Crippen LogP contribution < -0.4 is 10.5 Å². The van der Waals surface area contributed by atoms with Crippen molar-refractivity contribution in [3.63, 3.8) is 0 Å². The molecule has 118 valence electrons. The highest BCUT2D eigenvalue weighted by molar-refractivity contribution is 7.89. The van der Waals surface area contributed by atoms with Crippen LogP contribution in [0, 0.1) is 25.7 Å². The van der Waals surface area contributed by atoms with E-state index in [4.69, 9.17) is 5.73 Å². The summed E-state index contributed by atoms with van der Waals surface area (Å²) in [5.74, 6) is 1.04. The van der Waals surface area contributed by atoms with Crippen LogP contribution in [-0.2, 0) is 10.0 Å². The monoisotopic (exact) mass is 310 g/mol. The minimum Gasteiger partial charge on any atom is -0.399 e. The molecule has 1 fully saturated rings. The van der Waals surface area contributed by atoms with Gasteiger partial charge in [0.2, 0.25) is 10.0 Å². The second-order valence-electron chi connectivity index (χ2n) is 6.58. The fourth-order valence-corrected chi connectivity index (χ4v) is 4.97. The first-order chi connectivity index (χ1) is 9.70. The van der Waals surface area contributed by atoms with Gasteiger partial charge in [0.05, 0.1) is 4.90 Å². The van der Waals surface area contributed by atoms with Crippen LogP contribution in [0.1, 0.15) is 44.2 Å². The molecule has 0 saturated heterocycles. The molecule has 21 heavy (non-hydrogen) atoms. The maximum atomic E-state index is 12.7. The van der Waals surface area contributed by atoms with Gasteiger partial charge in [-0.3, -0.25) is 0 Å². The van der Waals surface area contributed by atoms with Gasteiger partial charge >= 0.3 is 0 Å². The van der Waals surface area contributed by atoms with E-state index in [2.05, 4.69) is 18.6 Å². The third kappa shape index (κ3) is 3.58. The van der Waals surface area contributed by atoms with Gasteiger partial charge in [-0.05, 0) is 68.2 Å². The Morgan fingerprint density at radius 3 is 2.48 bits per heavy atom. The van der Waals surface area contributed by atoms with E-state index in [1.807, 2.05) is 13.8 Å². The summed E-state index contributed by atoms with van der Waals surface area (Å²) in [6.45, 7) is 8.07. The van der Waals surface area contributed by atoms with E-state index in [1.54, 1.807) is 12.1 Å². The van der Waals surface area contributed by atoms with Crippen LogP contribution in [0.25, 0.3) is 0 Å². The van der Waals surface area contributed by atoms with Crippen molar-refractivity contribution in [2.24, 2.45) is 11.8 Å². The van der Waals surface area contributed by atoms with Crippen molar-refractivity contribution >= 4 is 15.7 Å². The lowest BCUT2D eigenvalue weighted by Crippen LogP contribution is -2.42. The Hall–Kier alpha value is -1.07. The molecule has 1 aliphatic carbocycles. The molecule has 0 radical (unpaired) electrons. The molecule has 0 aromatic heterocycles. The maximum Gasteiger partial charge on any atom is 0.241 e. The van der Waals surface area contributed by atoms with Gasteiger partial charge in [-0.2, -0.15) is 0 Å². The van der Waals surface area contributed by atoms with Gasteiger partial charge < -0.3 is 5.73 Å². The highest BCUT2D eigenvalue weighted by Gasteiger charge is 2.30. The van der Waals surface area contributed by atoms with Gasteiger partial charge in [0.25, 0.3) is 0 Å². The molecule has 3 unspecified atom stereocenters. The van der Waals surface area contributed by atoms with E-state index in [0.29, 0.717) is 22.4 Å². The molecule has 4 nitrogen and oxygen atoms in total. The van der Waals surface area contributed by atoms with Gasteiger partial charge in [-0.25, -0.2) is 13.1 Å². The summed E-state index contributed by atoms with van der Waals surface area (Å²) in [4.78, 5) is 0.311. The first kappa shape index (κ1) is 16.3. The predicted molar refractivity (Wildman–Crippen MR) is 86.6 cm³/mol. The summed E-state index contributed by atoms with van der Waals surface area (Å²) >= 11 is 0. The van der Waals surface area contributed by atoms with Gasteiger partial charge in [0.1, 0.15) is 0 Å². The molecule has 5 heteroatoms. The normalized spacial score (nSPS) is 26.8. The molecule has 3 atom stereocenters. The summed E-state index contributed by atoms with van der Waals surface area (Å²) in [5.41, 5.74) is 7.98. The number of benzene rings is 1. The molecular weight excluding hydrogens is 284 g/mol. The number of rotatable bonds is 3. The summed E-state index contributed by atoms with van der Waals surface area (Å²) in [6, 6.07) is 3.38. The highest BCUT2D eigenvalue weighted by atomic mass is 32.2. The third-order valence-electron chi connectivity index (χ3n) is 4.67. The van der Waals surface area contributed by atoms with Crippen LogP contribution in [0.15, 0.2) is 17.0 Å². The molecular formula is C16H26N2O2S. The zero-order valence-electron chi connectivity index (χ0n) is 13.3. The van der Waals surface area contributed by atoms with Gasteiger partial charge in [-0.1, -0.05) is 13.8 Å². The Morgan fingerprint density at radius 2 is 1.86 bits per heavy atom. The zero-order valence-corrected chi connectivity index (χ0v) is 14.1. The summed E-state index contributed by atoms with van der Waals surface area (Å²) in [6.07, 6.45) is 3.05. The molecule has 0 bridgehead atoms. The number of anilines is 1. The number of aryl methyl sites for hydroxylation is 1. The first-order valence-corrected chi connectivity index (χ1v) is 9.08. The van der Waals surface area contributed by atoms with Crippen LogP contribution >= 0.6 is 0 Å². The molecule has 0 aliphatic heterocycles. The molecule has 2 rings (SSSR count). The molecule has 3 N–H and O–H groups in total. The van der Waals surface area contributed by atoms with Crippen LogP contribution in [0.4, 0.5) is 5.69 Å². The van der Waals surface area contributed by atoms with Crippen molar-refractivity contribution in [2.75, 3.05) is 5.73 Å². The fourth-order valence-electron chi connectivity index (χ4n) is 3.24. The fraction of sp³-hybridized carbons (Fsp3) is 0.625. The third-order valence-corrected chi connectivity index (χ3v) is 6.29. The van der Waals surface area contributed by atoms with Crippen molar-refractivity contribution in [1.29, 1.82) is 0 Å². The summed E-state index contributed by atoms with van der Waals surface area (Å²) in [7, 11) is -3.52. The number of nitrogens with two attached hydrogens (primary N) is 1. The van der Waals surface area contributed by atoms with E-state index >= 15 is 0 Å². The quantitative estimate of drug-likeness (QED) is 0.843. The van der Waals surface area contributed by atoms with E-state index < -0.39 is 10.0 Å². The molecule has 1 saturated carbocycles. The Labute approximate surface area is 128 Å². The standard InChI is InChI=1S/C16H26N2O2S/c1-10-5-6-15(12(3)7-10)18-21(19,20)16-9-14(17)8-11(2)13(16)4/h8-10,12,15,18H,5-7,17H2,1-4H3. The van der Waals surface area contributed by atoms with E-state index in [9.17, 15) is 8.42 Å². The molecule has 0 spiro atoms. The summed E-state index contributed by atoms with van der Waals surface area (Å²) in [5, 5.41) is 0. The second-order valence-corrected chi connectivity index (χ2v) is 8.27. The number of hydrogen-bond acceptors (Lipinski definition) is 3. The molecule has 0 heterocycles. The van der Waals surface area contributed by atoms with Gasteiger partial charge in [-0.15, -0.1) is 0 Å².